The Hall–Kier alpha value is -2.57. The molecule has 2 fully saturated rings. The largest absolute Gasteiger partial charge is 0.444 e. The number of ether oxygens (including phenoxy) is 1. The van der Waals surface area contributed by atoms with Crippen molar-refractivity contribution < 1.29 is 19.1 Å². The Bertz CT molecular complexity index is 777. The van der Waals surface area contributed by atoms with Crippen molar-refractivity contribution in [1.29, 1.82) is 0 Å². The predicted molar refractivity (Wildman–Crippen MR) is 114 cm³/mol. The van der Waals surface area contributed by atoms with Crippen molar-refractivity contribution in [3.05, 3.63) is 35.4 Å². The summed E-state index contributed by atoms with van der Waals surface area (Å²) < 4.78 is 5.47. The van der Waals surface area contributed by atoms with E-state index >= 15 is 0 Å². The normalized spacial score (nSPS) is 19.7. The van der Waals surface area contributed by atoms with Crippen LogP contribution in [0.2, 0.25) is 0 Å². The fourth-order valence-corrected chi connectivity index (χ4v) is 3.97. The van der Waals surface area contributed by atoms with Crippen molar-refractivity contribution >= 4 is 17.9 Å². The molecule has 1 aromatic rings. The van der Waals surface area contributed by atoms with E-state index in [-0.39, 0.29) is 11.8 Å². The first-order valence-corrected chi connectivity index (χ1v) is 10.9. The zero-order valence-corrected chi connectivity index (χ0v) is 18.5. The van der Waals surface area contributed by atoms with E-state index < -0.39 is 17.7 Å². The lowest BCUT2D eigenvalue weighted by molar-refractivity contribution is -0.137. The topological polar surface area (TPSA) is 70.2 Å². The fraction of sp³-hybridized carbons (Fsp3) is 0.609. The van der Waals surface area contributed by atoms with E-state index in [4.69, 9.17) is 4.74 Å². The molecule has 7 heteroatoms. The Kier molecular flexibility index (Phi) is 6.68. The summed E-state index contributed by atoms with van der Waals surface area (Å²) in [6.45, 7) is 10.1. The zero-order chi connectivity index (χ0) is 21.9. The molecule has 30 heavy (non-hydrogen) atoms. The molecule has 2 aliphatic heterocycles. The molecule has 0 bridgehead atoms. The molecule has 2 aliphatic rings. The summed E-state index contributed by atoms with van der Waals surface area (Å²) in [7, 11) is 0. The van der Waals surface area contributed by atoms with E-state index in [1.165, 1.54) is 5.56 Å². The van der Waals surface area contributed by atoms with Crippen molar-refractivity contribution in [3.63, 3.8) is 0 Å². The van der Waals surface area contributed by atoms with Crippen LogP contribution in [0.5, 0.6) is 0 Å². The van der Waals surface area contributed by atoms with Gasteiger partial charge in [0.25, 0.3) is 5.91 Å². The molecule has 2 saturated heterocycles. The first kappa shape index (κ1) is 22.1. The fourth-order valence-electron chi connectivity index (χ4n) is 3.97. The quantitative estimate of drug-likeness (QED) is 0.761. The first-order valence-electron chi connectivity index (χ1n) is 10.9. The zero-order valence-electron chi connectivity index (χ0n) is 18.5. The lowest BCUT2D eigenvalue weighted by Gasteiger charge is -2.37. The van der Waals surface area contributed by atoms with E-state index in [1.54, 1.807) is 14.7 Å². The van der Waals surface area contributed by atoms with Gasteiger partial charge >= 0.3 is 6.09 Å². The maximum Gasteiger partial charge on any atom is 0.410 e. The number of hydrogen-bond donors (Lipinski definition) is 0. The Labute approximate surface area is 179 Å². The maximum absolute atomic E-state index is 13.1. The monoisotopic (exact) mass is 415 g/mol. The van der Waals surface area contributed by atoms with Crippen molar-refractivity contribution in [2.45, 2.75) is 58.6 Å². The second kappa shape index (κ2) is 9.06. The van der Waals surface area contributed by atoms with Gasteiger partial charge < -0.3 is 14.5 Å². The van der Waals surface area contributed by atoms with Crippen LogP contribution in [0, 0.1) is 0 Å². The Morgan fingerprint density at radius 1 is 0.967 bits per heavy atom. The average Bonchev–Trinajstić information content (AvgIpc) is 3.22. The van der Waals surface area contributed by atoms with Gasteiger partial charge in [-0.25, -0.2) is 4.79 Å². The molecule has 1 atom stereocenters. The second-order valence-electron chi connectivity index (χ2n) is 9.00. The summed E-state index contributed by atoms with van der Waals surface area (Å²) in [6, 6.07) is 7.24. The number of piperazine rings is 1. The van der Waals surface area contributed by atoms with Crippen LogP contribution in [0.25, 0.3) is 0 Å². The minimum Gasteiger partial charge on any atom is -0.444 e. The Morgan fingerprint density at radius 2 is 1.57 bits per heavy atom. The molecule has 1 aromatic carbocycles. The molecule has 0 N–H and O–H groups in total. The van der Waals surface area contributed by atoms with Gasteiger partial charge in [0, 0.05) is 38.3 Å². The SMILES string of the molecule is CCc1ccc(C(=O)N2CCN(C(=O)[C@@H]3CCCN3C(=O)OC(C)(C)C)CC2)cc1. The minimum absolute atomic E-state index is 0.000926. The number of carbonyl (C=O) groups is 3. The summed E-state index contributed by atoms with van der Waals surface area (Å²) in [4.78, 5) is 43.4. The number of benzene rings is 1. The molecule has 3 amide bonds. The smallest absolute Gasteiger partial charge is 0.410 e. The summed E-state index contributed by atoms with van der Waals surface area (Å²) in [6.07, 6.45) is 1.96. The molecule has 0 saturated carbocycles. The predicted octanol–water partition coefficient (Wildman–Crippen LogP) is 2.93. The van der Waals surface area contributed by atoms with Gasteiger partial charge in [0.1, 0.15) is 11.6 Å². The third-order valence-electron chi connectivity index (χ3n) is 5.65. The van der Waals surface area contributed by atoms with Crippen molar-refractivity contribution in [3.8, 4) is 0 Å². The van der Waals surface area contributed by atoms with Gasteiger partial charge in [0.2, 0.25) is 5.91 Å². The standard InChI is InChI=1S/C23H33N3O4/c1-5-17-8-10-18(11-9-17)20(27)24-13-15-25(16-14-24)21(28)19-7-6-12-26(19)22(29)30-23(2,3)4/h8-11,19H,5-7,12-16H2,1-4H3/t19-/m0/s1. The van der Waals surface area contributed by atoms with Crippen LogP contribution in [0.15, 0.2) is 24.3 Å². The van der Waals surface area contributed by atoms with Gasteiger partial charge in [0.15, 0.2) is 0 Å². The van der Waals surface area contributed by atoms with Crippen LogP contribution in [0.4, 0.5) is 4.79 Å². The number of likely N-dealkylation sites (tertiary alicyclic amines) is 1. The minimum atomic E-state index is -0.589. The van der Waals surface area contributed by atoms with Crippen molar-refractivity contribution in [2.75, 3.05) is 32.7 Å². The van der Waals surface area contributed by atoms with E-state index in [2.05, 4.69) is 6.92 Å². The highest BCUT2D eigenvalue weighted by Gasteiger charge is 2.39. The van der Waals surface area contributed by atoms with Gasteiger partial charge in [0.05, 0.1) is 0 Å². The maximum atomic E-state index is 13.1. The molecular weight excluding hydrogens is 382 g/mol. The van der Waals surface area contributed by atoms with Crippen LogP contribution < -0.4 is 0 Å². The molecular formula is C23H33N3O4. The number of hydrogen-bond acceptors (Lipinski definition) is 4. The van der Waals surface area contributed by atoms with Gasteiger partial charge in [-0.2, -0.15) is 0 Å². The Balaban J connectivity index is 1.56. The van der Waals surface area contributed by atoms with Crippen LogP contribution in [0.3, 0.4) is 0 Å². The van der Waals surface area contributed by atoms with Crippen LogP contribution in [0.1, 0.15) is 56.5 Å². The molecule has 0 radical (unpaired) electrons. The van der Waals surface area contributed by atoms with Crippen LogP contribution in [-0.4, -0.2) is 77.0 Å². The lowest BCUT2D eigenvalue weighted by atomic mass is 10.1. The average molecular weight is 416 g/mol. The van der Waals surface area contributed by atoms with Gasteiger partial charge in [-0.15, -0.1) is 0 Å². The van der Waals surface area contributed by atoms with Crippen molar-refractivity contribution in [1.82, 2.24) is 14.7 Å². The number of nitrogens with zero attached hydrogens (tertiary/aromatic N) is 3. The third-order valence-corrected chi connectivity index (χ3v) is 5.65. The van der Waals surface area contributed by atoms with Crippen LogP contribution in [-0.2, 0) is 16.0 Å². The van der Waals surface area contributed by atoms with E-state index in [0.717, 1.165) is 12.8 Å². The number of aryl methyl sites for hydroxylation is 1. The van der Waals surface area contributed by atoms with Gasteiger partial charge in [-0.1, -0.05) is 19.1 Å². The number of carbonyl (C=O) groups excluding carboxylic acids is 3. The molecule has 0 aliphatic carbocycles. The van der Waals surface area contributed by atoms with E-state index in [0.29, 0.717) is 44.7 Å². The molecule has 3 rings (SSSR count). The van der Waals surface area contributed by atoms with Crippen molar-refractivity contribution in [2.24, 2.45) is 0 Å². The summed E-state index contributed by atoms with van der Waals surface area (Å²) >= 11 is 0. The second-order valence-corrected chi connectivity index (χ2v) is 9.00. The molecule has 0 spiro atoms. The number of rotatable bonds is 3. The summed E-state index contributed by atoms with van der Waals surface area (Å²) in [5, 5.41) is 0. The van der Waals surface area contributed by atoms with E-state index in [1.807, 2.05) is 45.0 Å². The van der Waals surface area contributed by atoms with Gasteiger partial charge in [-0.3, -0.25) is 14.5 Å². The lowest BCUT2D eigenvalue weighted by Crippen LogP contribution is -2.55. The highest BCUT2D eigenvalue weighted by atomic mass is 16.6. The molecule has 0 unspecified atom stereocenters. The highest BCUT2D eigenvalue weighted by molar-refractivity contribution is 5.94. The van der Waals surface area contributed by atoms with Crippen LogP contribution >= 0.6 is 0 Å². The van der Waals surface area contributed by atoms with Gasteiger partial charge in [-0.05, 0) is 57.7 Å². The summed E-state index contributed by atoms with van der Waals surface area (Å²) in [5.41, 5.74) is 1.29. The molecule has 164 valence electrons. The summed E-state index contributed by atoms with van der Waals surface area (Å²) in [5.74, 6) is -0.0428. The first-order chi connectivity index (χ1) is 14.2. The Morgan fingerprint density at radius 3 is 2.13 bits per heavy atom. The number of amides is 3. The third kappa shape index (κ3) is 5.12. The molecule has 2 heterocycles. The van der Waals surface area contributed by atoms with E-state index in [9.17, 15) is 14.4 Å². The molecule has 0 aromatic heterocycles. The highest BCUT2D eigenvalue weighted by Crippen LogP contribution is 2.23. The molecule has 7 nitrogen and oxygen atoms in total.